The zero-order valence-corrected chi connectivity index (χ0v) is 16.1. The van der Waals surface area contributed by atoms with E-state index in [1.54, 1.807) is 0 Å². The van der Waals surface area contributed by atoms with Gasteiger partial charge in [-0.05, 0) is 49.9 Å². The van der Waals surface area contributed by atoms with E-state index in [0.717, 1.165) is 50.1 Å². The molecule has 0 aliphatic carbocycles. The molecule has 0 spiro atoms. The zero-order valence-electron chi connectivity index (χ0n) is 16.1. The molecule has 0 atom stereocenters. The summed E-state index contributed by atoms with van der Waals surface area (Å²) in [7, 11) is 0. The maximum Gasteiger partial charge on any atom is 0.255 e. The van der Waals surface area contributed by atoms with Crippen molar-refractivity contribution in [3.05, 3.63) is 60.2 Å². The summed E-state index contributed by atoms with van der Waals surface area (Å²) < 4.78 is 0. The minimum Gasteiger partial charge on any atom is -0.355 e. The molecular formula is C23H27N3O2. The van der Waals surface area contributed by atoms with Crippen LogP contribution in [0.25, 0.3) is 0 Å². The summed E-state index contributed by atoms with van der Waals surface area (Å²) in [5.74, 6) is 0.390. The predicted octanol–water partition coefficient (Wildman–Crippen LogP) is 3.90. The molecule has 2 aromatic carbocycles. The molecule has 2 amide bonds. The van der Waals surface area contributed by atoms with E-state index in [1.165, 1.54) is 0 Å². The number of benzene rings is 2. The van der Waals surface area contributed by atoms with E-state index in [1.807, 2.05) is 64.4 Å². The van der Waals surface area contributed by atoms with E-state index in [2.05, 4.69) is 5.32 Å². The minimum absolute atomic E-state index is 0.0334. The summed E-state index contributed by atoms with van der Waals surface area (Å²) in [6.07, 6.45) is 3.76. The Morgan fingerprint density at radius 3 is 2.14 bits per heavy atom. The van der Waals surface area contributed by atoms with Gasteiger partial charge in [0.1, 0.15) is 0 Å². The number of hydrogen-bond acceptors (Lipinski definition) is 3. The number of hydrogen-bond donors (Lipinski definition) is 1. The number of rotatable bonds is 4. The Morgan fingerprint density at radius 1 is 0.786 bits per heavy atom. The summed E-state index contributed by atoms with van der Waals surface area (Å²) in [5, 5.41) is 3.35. The fraction of sp³-hybridized carbons (Fsp3) is 0.391. The van der Waals surface area contributed by atoms with Crippen LogP contribution in [0.1, 0.15) is 36.0 Å². The molecule has 2 heterocycles. The lowest BCUT2D eigenvalue weighted by Gasteiger charge is -2.33. The Hall–Kier alpha value is -2.82. The fourth-order valence-electron chi connectivity index (χ4n) is 4.15. The van der Waals surface area contributed by atoms with Gasteiger partial charge in [0.2, 0.25) is 5.91 Å². The summed E-state index contributed by atoms with van der Waals surface area (Å²) in [6, 6.07) is 17.5. The number of carbonyl (C=O) groups is 2. The zero-order chi connectivity index (χ0) is 19.3. The SMILES string of the molecule is O=C(c1ccccc1Nc1ccccc1)N1CCC(C(=O)N2CCCC2)CC1. The van der Waals surface area contributed by atoms with Crippen LogP contribution < -0.4 is 5.32 Å². The van der Waals surface area contributed by atoms with Gasteiger partial charge in [-0.15, -0.1) is 0 Å². The molecule has 5 nitrogen and oxygen atoms in total. The van der Waals surface area contributed by atoms with Gasteiger partial charge >= 0.3 is 0 Å². The molecule has 2 aliphatic heterocycles. The van der Waals surface area contributed by atoms with Crippen molar-refractivity contribution in [2.75, 3.05) is 31.5 Å². The number of nitrogens with one attached hydrogen (secondary N) is 1. The van der Waals surface area contributed by atoms with E-state index in [0.29, 0.717) is 18.7 Å². The van der Waals surface area contributed by atoms with E-state index in [4.69, 9.17) is 0 Å². The number of para-hydroxylation sites is 2. The molecule has 0 bridgehead atoms. The Labute approximate surface area is 166 Å². The van der Waals surface area contributed by atoms with Crippen molar-refractivity contribution in [2.45, 2.75) is 25.7 Å². The van der Waals surface area contributed by atoms with Gasteiger partial charge in [0.05, 0.1) is 11.3 Å². The smallest absolute Gasteiger partial charge is 0.255 e. The van der Waals surface area contributed by atoms with Gasteiger partial charge in [-0.2, -0.15) is 0 Å². The van der Waals surface area contributed by atoms with Crippen LogP contribution in [0.15, 0.2) is 54.6 Å². The maximum absolute atomic E-state index is 13.1. The van der Waals surface area contributed by atoms with Gasteiger partial charge in [-0.25, -0.2) is 0 Å². The molecule has 0 aromatic heterocycles. The second kappa shape index (κ2) is 8.46. The highest BCUT2D eigenvalue weighted by molar-refractivity contribution is 6.00. The first-order valence-corrected chi connectivity index (χ1v) is 10.2. The topological polar surface area (TPSA) is 52.7 Å². The molecule has 1 N–H and O–H groups in total. The number of likely N-dealkylation sites (tertiary alicyclic amines) is 2. The third-order valence-electron chi connectivity index (χ3n) is 5.76. The third kappa shape index (κ3) is 4.03. The second-order valence-corrected chi connectivity index (χ2v) is 7.64. The molecule has 2 aliphatic rings. The first kappa shape index (κ1) is 18.5. The normalized spacial score (nSPS) is 17.6. The van der Waals surface area contributed by atoms with Gasteiger partial charge in [-0.3, -0.25) is 9.59 Å². The quantitative estimate of drug-likeness (QED) is 0.879. The van der Waals surface area contributed by atoms with Crippen LogP contribution >= 0.6 is 0 Å². The summed E-state index contributed by atoms with van der Waals surface area (Å²) in [5.41, 5.74) is 2.45. The van der Waals surface area contributed by atoms with Gasteiger partial charge in [-0.1, -0.05) is 30.3 Å². The molecule has 28 heavy (non-hydrogen) atoms. The molecular weight excluding hydrogens is 350 g/mol. The molecule has 0 radical (unpaired) electrons. The molecule has 0 saturated carbocycles. The number of amides is 2. The summed E-state index contributed by atoms with van der Waals surface area (Å²) in [4.78, 5) is 29.6. The minimum atomic E-state index is 0.0334. The van der Waals surface area contributed by atoms with Crippen LogP contribution in [0.3, 0.4) is 0 Å². The second-order valence-electron chi connectivity index (χ2n) is 7.64. The van der Waals surface area contributed by atoms with Crippen molar-refractivity contribution in [1.82, 2.24) is 9.80 Å². The van der Waals surface area contributed by atoms with Crippen molar-refractivity contribution in [3.8, 4) is 0 Å². The molecule has 0 unspecified atom stereocenters. The van der Waals surface area contributed by atoms with Crippen molar-refractivity contribution in [2.24, 2.45) is 5.92 Å². The number of nitrogens with zero attached hydrogens (tertiary/aromatic N) is 2. The first-order chi connectivity index (χ1) is 13.7. The van der Waals surface area contributed by atoms with Gasteiger partial charge in [0, 0.05) is 37.8 Å². The van der Waals surface area contributed by atoms with Crippen LogP contribution in [-0.2, 0) is 4.79 Å². The number of anilines is 2. The van der Waals surface area contributed by atoms with Crippen molar-refractivity contribution < 1.29 is 9.59 Å². The average Bonchev–Trinajstić information content (AvgIpc) is 3.29. The molecule has 2 aromatic rings. The monoisotopic (exact) mass is 377 g/mol. The highest BCUT2D eigenvalue weighted by Gasteiger charge is 2.31. The van der Waals surface area contributed by atoms with Crippen LogP contribution in [0.5, 0.6) is 0 Å². The largest absolute Gasteiger partial charge is 0.355 e. The average molecular weight is 377 g/mol. The van der Waals surface area contributed by atoms with E-state index in [-0.39, 0.29) is 17.7 Å². The Bertz CT molecular complexity index is 823. The fourth-order valence-corrected chi connectivity index (χ4v) is 4.15. The third-order valence-corrected chi connectivity index (χ3v) is 5.76. The lowest BCUT2D eigenvalue weighted by Crippen LogP contribution is -2.43. The molecule has 2 saturated heterocycles. The summed E-state index contributed by atoms with van der Waals surface area (Å²) >= 11 is 0. The highest BCUT2D eigenvalue weighted by atomic mass is 16.2. The van der Waals surface area contributed by atoms with Gasteiger partial charge in [0.25, 0.3) is 5.91 Å². The van der Waals surface area contributed by atoms with Gasteiger partial charge in [0.15, 0.2) is 0 Å². The van der Waals surface area contributed by atoms with Crippen molar-refractivity contribution >= 4 is 23.2 Å². The highest BCUT2D eigenvalue weighted by Crippen LogP contribution is 2.26. The van der Waals surface area contributed by atoms with Crippen LogP contribution in [0.2, 0.25) is 0 Å². The standard InChI is InChI=1S/C23H27N3O2/c27-22(25-14-6-7-15-25)18-12-16-26(17-13-18)23(28)20-10-4-5-11-21(20)24-19-8-2-1-3-9-19/h1-5,8-11,18,24H,6-7,12-17H2. The lowest BCUT2D eigenvalue weighted by atomic mass is 9.94. The number of piperidine rings is 1. The Kier molecular flexibility index (Phi) is 5.60. The van der Waals surface area contributed by atoms with E-state index < -0.39 is 0 Å². The Morgan fingerprint density at radius 2 is 1.43 bits per heavy atom. The van der Waals surface area contributed by atoms with Crippen LogP contribution in [0, 0.1) is 5.92 Å². The molecule has 146 valence electrons. The Balaban J connectivity index is 1.41. The molecule has 5 heteroatoms. The van der Waals surface area contributed by atoms with E-state index in [9.17, 15) is 9.59 Å². The maximum atomic E-state index is 13.1. The lowest BCUT2D eigenvalue weighted by molar-refractivity contribution is -0.135. The predicted molar refractivity (Wildman–Crippen MR) is 111 cm³/mol. The van der Waals surface area contributed by atoms with Crippen LogP contribution in [-0.4, -0.2) is 47.8 Å². The number of carbonyl (C=O) groups excluding carboxylic acids is 2. The molecule has 2 fully saturated rings. The van der Waals surface area contributed by atoms with Crippen molar-refractivity contribution in [3.63, 3.8) is 0 Å². The van der Waals surface area contributed by atoms with Gasteiger partial charge < -0.3 is 15.1 Å². The first-order valence-electron chi connectivity index (χ1n) is 10.2. The van der Waals surface area contributed by atoms with Crippen molar-refractivity contribution in [1.29, 1.82) is 0 Å². The molecule has 4 rings (SSSR count). The van der Waals surface area contributed by atoms with E-state index >= 15 is 0 Å². The van der Waals surface area contributed by atoms with Crippen LogP contribution in [0.4, 0.5) is 11.4 Å². The summed E-state index contributed by atoms with van der Waals surface area (Å²) in [6.45, 7) is 3.08.